The van der Waals surface area contributed by atoms with Crippen LogP contribution in [0.1, 0.15) is 20.3 Å². The van der Waals surface area contributed by atoms with E-state index in [0.29, 0.717) is 13.2 Å². The van der Waals surface area contributed by atoms with Crippen molar-refractivity contribution in [1.82, 2.24) is 0 Å². The van der Waals surface area contributed by atoms with Crippen molar-refractivity contribution in [3.05, 3.63) is 6.92 Å². The molecule has 2 heteroatoms. The molecule has 0 unspecified atom stereocenters. The molecule has 2 nitrogen and oxygen atoms in total. The highest BCUT2D eigenvalue weighted by atomic mass is 16.5. The molecule has 0 saturated carbocycles. The van der Waals surface area contributed by atoms with Gasteiger partial charge in [-0.15, -0.1) is 0 Å². The highest BCUT2D eigenvalue weighted by molar-refractivity contribution is 4.68. The van der Waals surface area contributed by atoms with Crippen LogP contribution in [0, 0.1) is 6.92 Å². The van der Waals surface area contributed by atoms with Crippen LogP contribution >= 0.6 is 0 Å². The van der Waals surface area contributed by atoms with Gasteiger partial charge in [0.15, 0.2) is 0 Å². The van der Waals surface area contributed by atoms with Crippen LogP contribution < -0.4 is 0 Å². The highest BCUT2D eigenvalue weighted by Crippen LogP contribution is 2.12. The van der Waals surface area contributed by atoms with E-state index in [1.807, 2.05) is 13.8 Å². The molecule has 0 aromatic rings. The molecule has 1 radical (unpaired) electrons. The lowest BCUT2D eigenvalue weighted by Crippen LogP contribution is -2.25. The van der Waals surface area contributed by atoms with Crippen molar-refractivity contribution >= 4 is 0 Å². The molecule has 0 saturated heterocycles. The van der Waals surface area contributed by atoms with Crippen molar-refractivity contribution in [3.8, 4) is 0 Å². The normalized spacial score (nSPS) is 12.0. The molecule has 0 atom stereocenters. The largest absolute Gasteiger partial charge is 0.382 e. The van der Waals surface area contributed by atoms with E-state index in [1.165, 1.54) is 0 Å². The number of hydrogen-bond donors (Lipinski definition) is 0. The molecule has 0 aliphatic rings. The molecule has 0 rings (SSSR count). The summed E-state index contributed by atoms with van der Waals surface area (Å²) in [4.78, 5) is 0. The number of methoxy groups -OCH3 is 1. The minimum atomic E-state index is -0.0987. The van der Waals surface area contributed by atoms with Gasteiger partial charge in [0.05, 0.1) is 18.8 Å². The molecule has 0 amide bonds. The molecule has 0 aromatic carbocycles. The maximum Gasteiger partial charge on any atom is 0.0707 e. The molecule has 0 N–H and O–H groups in total. The Morgan fingerprint density at radius 1 is 1.30 bits per heavy atom. The van der Waals surface area contributed by atoms with Crippen LogP contribution in [0.3, 0.4) is 0 Å². The average molecular weight is 145 g/mol. The number of rotatable bonds is 5. The summed E-state index contributed by atoms with van der Waals surface area (Å²) in [6.07, 6.45) is 0.788. The quantitative estimate of drug-likeness (QED) is 0.548. The van der Waals surface area contributed by atoms with Gasteiger partial charge in [-0.2, -0.15) is 0 Å². The third kappa shape index (κ3) is 4.77. The molecule has 0 aromatic heterocycles. The Morgan fingerprint density at radius 2 is 1.90 bits per heavy atom. The Bertz CT molecular complexity index is 79.3. The first-order valence-corrected chi connectivity index (χ1v) is 3.54. The monoisotopic (exact) mass is 145 g/mol. The van der Waals surface area contributed by atoms with Crippen LogP contribution in [-0.2, 0) is 9.47 Å². The Morgan fingerprint density at radius 3 is 2.30 bits per heavy atom. The molecule has 0 spiro atoms. The Kier molecular flexibility index (Phi) is 4.65. The van der Waals surface area contributed by atoms with Gasteiger partial charge in [0.1, 0.15) is 0 Å². The summed E-state index contributed by atoms with van der Waals surface area (Å²) >= 11 is 0. The van der Waals surface area contributed by atoms with Crippen LogP contribution in [0.4, 0.5) is 0 Å². The van der Waals surface area contributed by atoms with E-state index in [-0.39, 0.29) is 5.60 Å². The van der Waals surface area contributed by atoms with Crippen LogP contribution in [0.25, 0.3) is 0 Å². The molecule has 0 fully saturated rings. The SMILES string of the molecule is [CH2]CC(C)(C)OCCOC. The van der Waals surface area contributed by atoms with E-state index in [0.717, 1.165) is 6.42 Å². The smallest absolute Gasteiger partial charge is 0.0707 e. The van der Waals surface area contributed by atoms with Gasteiger partial charge < -0.3 is 9.47 Å². The van der Waals surface area contributed by atoms with E-state index >= 15 is 0 Å². The summed E-state index contributed by atoms with van der Waals surface area (Å²) in [5, 5.41) is 0. The van der Waals surface area contributed by atoms with E-state index in [4.69, 9.17) is 9.47 Å². The first-order valence-electron chi connectivity index (χ1n) is 3.54. The van der Waals surface area contributed by atoms with Gasteiger partial charge in [-0.1, -0.05) is 6.92 Å². The summed E-state index contributed by atoms with van der Waals surface area (Å²) in [5.74, 6) is 0. The lowest BCUT2D eigenvalue weighted by Gasteiger charge is -2.22. The fourth-order valence-electron chi connectivity index (χ4n) is 0.473. The minimum absolute atomic E-state index is 0.0987. The second-order valence-electron chi connectivity index (χ2n) is 2.85. The molecule has 0 bridgehead atoms. The van der Waals surface area contributed by atoms with Crippen molar-refractivity contribution in [2.45, 2.75) is 25.9 Å². The second-order valence-corrected chi connectivity index (χ2v) is 2.85. The standard InChI is InChI=1S/C8H17O2/c1-5-8(2,3)10-7-6-9-4/h1,5-7H2,2-4H3. The Hall–Kier alpha value is -0.0800. The summed E-state index contributed by atoms with van der Waals surface area (Å²) < 4.78 is 10.3. The van der Waals surface area contributed by atoms with Crippen molar-refractivity contribution < 1.29 is 9.47 Å². The average Bonchev–Trinajstić information content (AvgIpc) is 1.89. The van der Waals surface area contributed by atoms with Crippen LogP contribution in [0.15, 0.2) is 0 Å². The van der Waals surface area contributed by atoms with Crippen LogP contribution in [0.2, 0.25) is 0 Å². The summed E-state index contributed by atoms with van der Waals surface area (Å²) in [6, 6.07) is 0. The molecule has 0 heterocycles. The zero-order valence-electron chi connectivity index (χ0n) is 7.14. The van der Waals surface area contributed by atoms with Crippen LogP contribution in [-0.4, -0.2) is 25.9 Å². The van der Waals surface area contributed by atoms with Gasteiger partial charge in [-0.05, 0) is 20.3 Å². The van der Waals surface area contributed by atoms with Gasteiger partial charge in [-0.3, -0.25) is 0 Å². The summed E-state index contributed by atoms with van der Waals surface area (Å²) in [5.41, 5.74) is -0.0987. The lowest BCUT2D eigenvalue weighted by atomic mass is 10.1. The zero-order valence-corrected chi connectivity index (χ0v) is 7.14. The summed E-state index contributed by atoms with van der Waals surface area (Å²) in [7, 11) is 1.67. The van der Waals surface area contributed by atoms with Crippen molar-refractivity contribution in [2.24, 2.45) is 0 Å². The third-order valence-electron chi connectivity index (χ3n) is 1.38. The van der Waals surface area contributed by atoms with E-state index < -0.39 is 0 Å². The maximum atomic E-state index is 5.43. The highest BCUT2D eigenvalue weighted by Gasteiger charge is 2.13. The van der Waals surface area contributed by atoms with Gasteiger partial charge in [0.25, 0.3) is 0 Å². The van der Waals surface area contributed by atoms with Crippen molar-refractivity contribution in [2.75, 3.05) is 20.3 Å². The zero-order chi connectivity index (χ0) is 8.04. The maximum absolute atomic E-state index is 5.43. The summed E-state index contributed by atoms with van der Waals surface area (Å²) in [6.45, 7) is 9.13. The van der Waals surface area contributed by atoms with Gasteiger partial charge in [0, 0.05) is 7.11 Å². The van der Waals surface area contributed by atoms with Crippen molar-refractivity contribution in [1.29, 1.82) is 0 Å². The van der Waals surface area contributed by atoms with Crippen LogP contribution in [0.5, 0.6) is 0 Å². The first kappa shape index (κ1) is 9.92. The predicted molar refractivity (Wildman–Crippen MR) is 41.9 cm³/mol. The topological polar surface area (TPSA) is 18.5 Å². The minimum Gasteiger partial charge on any atom is -0.382 e. The number of hydrogen-bond acceptors (Lipinski definition) is 2. The molecule has 0 aliphatic carbocycles. The molecule has 0 aliphatic heterocycles. The molecule has 10 heavy (non-hydrogen) atoms. The van der Waals surface area contributed by atoms with Gasteiger partial charge >= 0.3 is 0 Å². The van der Waals surface area contributed by atoms with Gasteiger partial charge in [-0.25, -0.2) is 0 Å². The fraction of sp³-hybridized carbons (Fsp3) is 0.875. The fourth-order valence-corrected chi connectivity index (χ4v) is 0.473. The predicted octanol–water partition coefficient (Wildman–Crippen LogP) is 1.65. The van der Waals surface area contributed by atoms with E-state index in [2.05, 4.69) is 6.92 Å². The number of ether oxygens (including phenoxy) is 2. The molecular formula is C8H17O2. The Balaban J connectivity index is 3.28. The third-order valence-corrected chi connectivity index (χ3v) is 1.38. The molecular weight excluding hydrogens is 128 g/mol. The van der Waals surface area contributed by atoms with Crippen molar-refractivity contribution in [3.63, 3.8) is 0 Å². The second kappa shape index (κ2) is 4.69. The van der Waals surface area contributed by atoms with E-state index in [9.17, 15) is 0 Å². The lowest BCUT2D eigenvalue weighted by molar-refractivity contribution is -0.0374. The van der Waals surface area contributed by atoms with Gasteiger partial charge in [0.2, 0.25) is 0 Å². The molecule has 61 valence electrons. The first-order chi connectivity index (χ1) is 4.62. The van der Waals surface area contributed by atoms with E-state index in [1.54, 1.807) is 7.11 Å². The Labute approximate surface area is 63.5 Å².